The second kappa shape index (κ2) is 8.42. The highest BCUT2D eigenvalue weighted by molar-refractivity contribution is 7.22. The van der Waals surface area contributed by atoms with Crippen LogP contribution in [-0.4, -0.2) is 46.3 Å². The number of aromatic nitrogens is 2. The Hall–Kier alpha value is -3.23. The standard InChI is InChI=1S/C28H29N3O4S/c1-15-14-18-25(36-27(30-18)31-11-5-12-31)22(20(15)24(26(32)33)35-28(2,3)4)17-6-7-19-21-16(9-13-34-19)8-10-29-23(17)21/h6-8,10,14,24H,5,9,11-13H2,1-4H3,(H,32,33). The molecule has 2 aliphatic heterocycles. The summed E-state index contributed by atoms with van der Waals surface area (Å²) in [6.07, 6.45) is 2.67. The van der Waals surface area contributed by atoms with Crippen molar-refractivity contribution in [1.82, 2.24) is 9.97 Å². The summed E-state index contributed by atoms with van der Waals surface area (Å²) in [4.78, 5) is 24.7. The molecule has 36 heavy (non-hydrogen) atoms. The van der Waals surface area contributed by atoms with Crippen LogP contribution in [0.4, 0.5) is 5.13 Å². The van der Waals surface area contributed by atoms with Gasteiger partial charge in [-0.25, -0.2) is 9.78 Å². The molecule has 1 unspecified atom stereocenters. The molecule has 1 N–H and O–H groups in total. The summed E-state index contributed by atoms with van der Waals surface area (Å²) in [5.74, 6) is -0.194. The fourth-order valence-corrected chi connectivity index (χ4v) is 6.31. The number of nitrogens with zero attached hydrogens (tertiary/aromatic N) is 3. The molecule has 0 amide bonds. The number of rotatable bonds is 5. The maximum absolute atomic E-state index is 12.7. The number of pyridine rings is 1. The third-order valence-electron chi connectivity index (χ3n) is 6.84. The van der Waals surface area contributed by atoms with E-state index in [-0.39, 0.29) is 0 Å². The number of aryl methyl sites for hydroxylation is 1. The summed E-state index contributed by atoms with van der Waals surface area (Å²) < 4.78 is 13.1. The monoisotopic (exact) mass is 503 g/mol. The molecule has 0 saturated carbocycles. The van der Waals surface area contributed by atoms with E-state index in [0.717, 1.165) is 74.6 Å². The van der Waals surface area contributed by atoms with Gasteiger partial charge in [-0.1, -0.05) is 11.3 Å². The van der Waals surface area contributed by atoms with E-state index in [1.807, 2.05) is 58.2 Å². The van der Waals surface area contributed by atoms with Crippen LogP contribution in [0.25, 0.3) is 32.2 Å². The predicted molar refractivity (Wildman–Crippen MR) is 142 cm³/mol. The van der Waals surface area contributed by atoms with Gasteiger partial charge in [0.15, 0.2) is 11.2 Å². The molecule has 0 aliphatic carbocycles. The van der Waals surface area contributed by atoms with Crippen molar-refractivity contribution >= 4 is 43.6 Å². The summed E-state index contributed by atoms with van der Waals surface area (Å²) in [6, 6.07) is 8.04. The number of fused-ring (bicyclic) bond motifs is 1. The van der Waals surface area contributed by atoms with Crippen LogP contribution in [0.5, 0.6) is 5.75 Å². The molecule has 2 aromatic heterocycles. The third-order valence-corrected chi connectivity index (χ3v) is 7.99. The lowest BCUT2D eigenvalue weighted by Crippen LogP contribution is -2.36. The van der Waals surface area contributed by atoms with Crippen LogP contribution in [0.3, 0.4) is 0 Å². The van der Waals surface area contributed by atoms with Crippen LogP contribution < -0.4 is 9.64 Å². The maximum atomic E-state index is 12.7. The van der Waals surface area contributed by atoms with Gasteiger partial charge in [-0.3, -0.25) is 4.98 Å². The first-order valence-corrected chi connectivity index (χ1v) is 13.2. The molecular weight excluding hydrogens is 474 g/mol. The van der Waals surface area contributed by atoms with Crippen LogP contribution in [0.1, 0.15) is 50.0 Å². The van der Waals surface area contributed by atoms with E-state index in [1.54, 1.807) is 11.3 Å². The zero-order valence-electron chi connectivity index (χ0n) is 20.9. The van der Waals surface area contributed by atoms with Gasteiger partial charge in [0, 0.05) is 47.8 Å². The minimum absolute atomic E-state index is 0.639. The Labute approximate surface area is 213 Å². The fraction of sp³-hybridized carbons (Fsp3) is 0.393. The van der Waals surface area contributed by atoms with Crippen molar-refractivity contribution in [2.45, 2.75) is 52.2 Å². The topological polar surface area (TPSA) is 84.8 Å². The quantitative estimate of drug-likeness (QED) is 0.363. The molecule has 2 aliphatic rings. The molecule has 6 rings (SSSR count). The van der Waals surface area contributed by atoms with E-state index in [2.05, 4.69) is 4.90 Å². The van der Waals surface area contributed by atoms with Crippen molar-refractivity contribution in [3.05, 3.63) is 47.2 Å². The van der Waals surface area contributed by atoms with Crippen molar-refractivity contribution in [3.63, 3.8) is 0 Å². The Kier molecular flexibility index (Phi) is 5.42. The molecule has 1 fully saturated rings. The molecule has 0 radical (unpaired) electrons. The number of carboxylic acids is 1. The average Bonchev–Trinajstić information content (AvgIpc) is 3.18. The Morgan fingerprint density at radius 1 is 1.25 bits per heavy atom. The lowest BCUT2D eigenvalue weighted by Gasteiger charge is -2.30. The minimum Gasteiger partial charge on any atom is -0.493 e. The SMILES string of the molecule is Cc1cc2nc(N3CCC3)sc2c(-c2ccc3c4c(ccnc24)CCO3)c1C(OC(C)(C)C)C(=O)O. The smallest absolute Gasteiger partial charge is 0.337 e. The Morgan fingerprint density at radius 3 is 2.75 bits per heavy atom. The average molecular weight is 504 g/mol. The highest BCUT2D eigenvalue weighted by Gasteiger charge is 2.34. The van der Waals surface area contributed by atoms with Crippen molar-refractivity contribution in [3.8, 4) is 16.9 Å². The van der Waals surface area contributed by atoms with E-state index in [9.17, 15) is 9.90 Å². The van der Waals surface area contributed by atoms with Crippen LogP contribution in [-0.2, 0) is 16.0 Å². The largest absolute Gasteiger partial charge is 0.493 e. The fourth-order valence-electron chi connectivity index (χ4n) is 5.14. The van der Waals surface area contributed by atoms with Crippen molar-refractivity contribution < 1.29 is 19.4 Å². The van der Waals surface area contributed by atoms with E-state index in [4.69, 9.17) is 19.4 Å². The maximum Gasteiger partial charge on any atom is 0.337 e. The molecule has 0 bridgehead atoms. The summed E-state index contributed by atoms with van der Waals surface area (Å²) in [5, 5.41) is 12.3. The number of thiazole rings is 1. The number of benzene rings is 2. The minimum atomic E-state index is -1.14. The van der Waals surface area contributed by atoms with Gasteiger partial charge in [0.05, 0.1) is 27.9 Å². The lowest BCUT2D eigenvalue weighted by molar-refractivity contribution is -0.160. The summed E-state index contributed by atoms with van der Waals surface area (Å²) >= 11 is 1.62. The van der Waals surface area contributed by atoms with Gasteiger partial charge in [-0.15, -0.1) is 0 Å². The molecule has 1 atom stereocenters. The van der Waals surface area contributed by atoms with Crippen LogP contribution in [0.2, 0.25) is 0 Å². The van der Waals surface area contributed by atoms with Crippen molar-refractivity contribution in [1.29, 1.82) is 0 Å². The molecule has 4 heterocycles. The van der Waals surface area contributed by atoms with Gasteiger partial charge in [0.25, 0.3) is 0 Å². The molecule has 186 valence electrons. The summed E-state index contributed by atoms with van der Waals surface area (Å²) in [6.45, 7) is 10.2. The predicted octanol–water partition coefficient (Wildman–Crippen LogP) is 5.91. The number of hydrogen-bond donors (Lipinski definition) is 1. The Morgan fingerprint density at radius 2 is 2.06 bits per heavy atom. The first-order chi connectivity index (χ1) is 17.2. The normalized spacial score (nSPS) is 16.2. The molecule has 0 spiro atoms. The lowest BCUT2D eigenvalue weighted by atomic mass is 9.89. The van der Waals surface area contributed by atoms with E-state index < -0.39 is 17.7 Å². The molecule has 7 nitrogen and oxygen atoms in total. The van der Waals surface area contributed by atoms with Gasteiger partial charge in [-0.2, -0.15) is 0 Å². The van der Waals surface area contributed by atoms with Crippen molar-refractivity contribution in [2.75, 3.05) is 24.6 Å². The number of hydrogen-bond acceptors (Lipinski definition) is 7. The molecule has 4 aromatic rings. The summed E-state index contributed by atoms with van der Waals surface area (Å²) in [7, 11) is 0. The molecule has 8 heteroatoms. The Balaban J connectivity index is 1.70. The Bertz CT molecular complexity index is 1510. The number of carbonyl (C=O) groups is 1. The molecule has 2 aromatic carbocycles. The van der Waals surface area contributed by atoms with Crippen LogP contribution in [0, 0.1) is 6.92 Å². The number of ether oxygens (including phenoxy) is 2. The first kappa shape index (κ1) is 23.2. The van der Waals surface area contributed by atoms with Gasteiger partial charge in [0.1, 0.15) is 5.75 Å². The van der Waals surface area contributed by atoms with Gasteiger partial charge in [-0.05, 0) is 69.5 Å². The molecule has 1 saturated heterocycles. The van der Waals surface area contributed by atoms with E-state index in [0.29, 0.717) is 12.2 Å². The van der Waals surface area contributed by atoms with Crippen LogP contribution >= 0.6 is 11.3 Å². The number of aliphatic carboxylic acids is 1. The zero-order chi connectivity index (χ0) is 25.2. The zero-order valence-corrected chi connectivity index (χ0v) is 21.7. The van der Waals surface area contributed by atoms with Crippen molar-refractivity contribution in [2.24, 2.45) is 0 Å². The second-order valence-electron chi connectivity index (χ2n) is 10.5. The van der Waals surface area contributed by atoms with Gasteiger partial charge < -0.3 is 19.5 Å². The van der Waals surface area contributed by atoms with E-state index in [1.165, 1.54) is 5.56 Å². The van der Waals surface area contributed by atoms with Gasteiger partial charge in [0.2, 0.25) is 0 Å². The number of carboxylic acid groups (broad SMARTS) is 1. The van der Waals surface area contributed by atoms with Crippen LogP contribution in [0.15, 0.2) is 30.5 Å². The first-order valence-electron chi connectivity index (χ1n) is 12.3. The highest BCUT2D eigenvalue weighted by Crippen LogP contribution is 2.47. The van der Waals surface area contributed by atoms with Gasteiger partial charge >= 0.3 is 5.97 Å². The third kappa shape index (κ3) is 3.79. The highest BCUT2D eigenvalue weighted by atomic mass is 32.1. The number of anilines is 1. The second-order valence-corrected chi connectivity index (χ2v) is 11.5. The van der Waals surface area contributed by atoms with E-state index >= 15 is 0 Å². The summed E-state index contributed by atoms with van der Waals surface area (Å²) in [5.41, 5.74) is 5.45. The molecular formula is C28H29N3O4S.